The molecule has 0 saturated carbocycles. The smallest absolute Gasteiger partial charge is 0.263 e. The molecule has 1 aliphatic heterocycles. The van der Waals surface area contributed by atoms with Gasteiger partial charge in [0.25, 0.3) is 5.91 Å². The zero-order chi connectivity index (χ0) is 21.0. The third kappa shape index (κ3) is 5.22. The number of allylic oxidation sites excluding steroid dienone is 1. The van der Waals surface area contributed by atoms with Crippen LogP contribution in [0, 0.1) is 0 Å². The minimum Gasteiger partial charge on any atom is -0.339 e. The number of hydrogen-bond donors (Lipinski definition) is 0. The molecule has 3 rings (SSSR count). The van der Waals surface area contributed by atoms with Crippen molar-refractivity contribution in [2.24, 2.45) is 4.99 Å². The van der Waals surface area contributed by atoms with Gasteiger partial charge >= 0.3 is 0 Å². The number of thiazole rings is 1. The van der Waals surface area contributed by atoms with Gasteiger partial charge in [-0.2, -0.15) is 4.99 Å². The maximum Gasteiger partial charge on any atom is 0.263 e. The lowest BCUT2D eigenvalue weighted by atomic mass is 10.0. The minimum absolute atomic E-state index is 0.0308. The van der Waals surface area contributed by atoms with Crippen LogP contribution in [0.3, 0.4) is 0 Å². The fourth-order valence-electron chi connectivity index (χ4n) is 3.53. The van der Waals surface area contributed by atoms with Crippen LogP contribution >= 0.6 is 11.3 Å². The largest absolute Gasteiger partial charge is 0.339 e. The lowest BCUT2D eigenvalue weighted by molar-refractivity contribution is -0.131. The molecule has 0 radical (unpaired) electrons. The third-order valence-electron chi connectivity index (χ3n) is 4.93. The van der Waals surface area contributed by atoms with E-state index < -0.39 is 33.2 Å². The molecule has 2 amide bonds. The molecular weight excluding hydrogens is 410 g/mol. The van der Waals surface area contributed by atoms with Gasteiger partial charge in [-0.05, 0) is 38.3 Å². The van der Waals surface area contributed by atoms with Gasteiger partial charge in [0.2, 0.25) is 5.91 Å². The van der Waals surface area contributed by atoms with E-state index in [0.717, 1.165) is 29.5 Å². The Kier molecular flexibility index (Phi) is 6.69. The molecule has 1 aliphatic rings. The van der Waals surface area contributed by atoms with Gasteiger partial charge in [0.1, 0.15) is 11.5 Å². The topological polar surface area (TPSA) is 88.8 Å². The molecule has 1 aromatic heterocycles. The van der Waals surface area contributed by atoms with Crippen molar-refractivity contribution in [3.63, 3.8) is 0 Å². The number of carbonyl (C=O) groups excluding carboxylic acids is 2. The highest BCUT2D eigenvalue weighted by Gasteiger charge is 2.28. The first-order valence-electron chi connectivity index (χ1n) is 9.57. The van der Waals surface area contributed by atoms with Crippen molar-refractivity contribution in [1.82, 2.24) is 9.47 Å². The lowest BCUT2D eigenvalue weighted by Gasteiger charge is -2.33. The highest BCUT2D eigenvalue weighted by Crippen LogP contribution is 2.18. The summed E-state index contributed by atoms with van der Waals surface area (Å²) in [6.45, 7) is 6.66. The number of rotatable bonds is 6. The number of aromatic nitrogens is 1. The zero-order valence-electron chi connectivity index (χ0n) is 16.4. The molecule has 7 nitrogen and oxygen atoms in total. The predicted octanol–water partition coefficient (Wildman–Crippen LogP) is 2.13. The molecule has 1 unspecified atom stereocenters. The summed E-state index contributed by atoms with van der Waals surface area (Å²) >= 11 is 1.31. The Hall–Kier alpha value is -2.26. The van der Waals surface area contributed by atoms with Crippen LogP contribution in [0.25, 0.3) is 10.2 Å². The average molecular weight is 436 g/mol. The molecule has 29 heavy (non-hydrogen) atoms. The van der Waals surface area contributed by atoms with Gasteiger partial charge in [0.15, 0.2) is 14.6 Å². The summed E-state index contributed by atoms with van der Waals surface area (Å²) in [6.07, 6.45) is 4.47. The van der Waals surface area contributed by atoms with E-state index in [1.54, 1.807) is 11.0 Å². The molecule has 1 fully saturated rings. The van der Waals surface area contributed by atoms with E-state index in [1.807, 2.05) is 35.8 Å². The van der Waals surface area contributed by atoms with Crippen LogP contribution < -0.4 is 4.80 Å². The van der Waals surface area contributed by atoms with Gasteiger partial charge in [-0.25, -0.2) is 8.42 Å². The van der Waals surface area contributed by atoms with E-state index in [0.29, 0.717) is 17.9 Å². The van der Waals surface area contributed by atoms with Crippen LogP contribution in [0.15, 0.2) is 41.9 Å². The predicted molar refractivity (Wildman–Crippen MR) is 114 cm³/mol. The number of piperidine rings is 1. The number of hydrogen-bond acceptors (Lipinski definition) is 5. The summed E-state index contributed by atoms with van der Waals surface area (Å²) in [4.78, 5) is 30.8. The van der Waals surface area contributed by atoms with E-state index in [-0.39, 0.29) is 6.04 Å². The van der Waals surface area contributed by atoms with E-state index >= 15 is 0 Å². The third-order valence-corrected chi connectivity index (χ3v) is 7.36. The van der Waals surface area contributed by atoms with Crippen molar-refractivity contribution in [1.29, 1.82) is 0 Å². The summed E-state index contributed by atoms with van der Waals surface area (Å²) in [7, 11) is -3.89. The normalized spacial score (nSPS) is 18.2. The number of sulfone groups is 1. The fourth-order valence-corrected chi connectivity index (χ4v) is 5.67. The Balaban J connectivity index is 1.77. The maximum atomic E-state index is 12.4. The minimum atomic E-state index is -3.89. The number of nitrogens with zero attached hydrogens (tertiary/aromatic N) is 3. The molecule has 2 aromatic rings. The molecule has 1 saturated heterocycles. The highest BCUT2D eigenvalue weighted by atomic mass is 32.2. The summed E-state index contributed by atoms with van der Waals surface area (Å²) in [5.41, 5.74) is 0.904. The maximum absolute atomic E-state index is 12.4. The molecule has 1 atom stereocenters. The molecule has 0 spiro atoms. The second-order valence-corrected chi connectivity index (χ2v) is 10.3. The SMILES string of the molecule is C=CCn1c(=NC(=O)CS(=O)(=O)CC(=O)N2CCCCC2C)sc2ccccc21. The number of carbonyl (C=O) groups is 2. The van der Waals surface area contributed by atoms with Gasteiger partial charge in [-0.3, -0.25) is 9.59 Å². The van der Waals surface area contributed by atoms with Crippen LogP contribution in [-0.2, 0) is 26.0 Å². The second-order valence-electron chi connectivity index (χ2n) is 7.22. The van der Waals surface area contributed by atoms with E-state index in [9.17, 15) is 18.0 Å². The van der Waals surface area contributed by atoms with Crippen molar-refractivity contribution >= 4 is 43.2 Å². The molecule has 1 aromatic carbocycles. The monoisotopic (exact) mass is 435 g/mol. The summed E-state index contributed by atoms with van der Waals surface area (Å²) < 4.78 is 27.6. The Bertz CT molecular complexity index is 1100. The van der Waals surface area contributed by atoms with Gasteiger partial charge in [0.05, 0.1) is 10.2 Å². The van der Waals surface area contributed by atoms with Gasteiger partial charge in [-0.15, -0.1) is 6.58 Å². The van der Waals surface area contributed by atoms with Crippen LogP contribution in [0.5, 0.6) is 0 Å². The molecule has 9 heteroatoms. The van der Waals surface area contributed by atoms with Gasteiger partial charge in [0, 0.05) is 19.1 Å². The first-order valence-corrected chi connectivity index (χ1v) is 12.2. The first-order chi connectivity index (χ1) is 13.8. The summed E-state index contributed by atoms with van der Waals surface area (Å²) in [5, 5.41) is 0. The number of para-hydroxylation sites is 1. The van der Waals surface area contributed by atoms with E-state index in [1.165, 1.54) is 11.3 Å². The molecule has 0 N–H and O–H groups in total. The van der Waals surface area contributed by atoms with Crippen molar-refractivity contribution in [2.45, 2.75) is 38.8 Å². The fraction of sp³-hybridized carbons (Fsp3) is 0.450. The standard InChI is InChI=1S/C20H25N3O4S2/c1-3-11-23-16-9-4-5-10-17(16)28-20(23)21-18(24)13-29(26,27)14-19(25)22-12-7-6-8-15(22)2/h3-5,9-10,15H,1,6-8,11-14H2,2H3. The van der Waals surface area contributed by atoms with Gasteiger partial charge < -0.3 is 9.47 Å². The molecule has 0 aliphatic carbocycles. The van der Waals surface area contributed by atoms with Crippen molar-refractivity contribution in [2.75, 3.05) is 18.1 Å². The van der Waals surface area contributed by atoms with Gasteiger partial charge in [-0.1, -0.05) is 29.5 Å². The number of benzene rings is 1. The van der Waals surface area contributed by atoms with Crippen molar-refractivity contribution in [3.8, 4) is 0 Å². The molecule has 0 bridgehead atoms. The average Bonchev–Trinajstić information content (AvgIpc) is 2.98. The molecule has 2 heterocycles. The number of likely N-dealkylation sites (tertiary alicyclic amines) is 1. The zero-order valence-corrected chi connectivity index (χ0v) is 18.0. The second kappa shape index (κ2) is 9.04. The Morgan fingerprint density at radius 2 is 2.03 bits per heavy atom. The highest BCUT2D eigenvalue weighted by molar-refractivity contribution is 7.92. The number of amides is 2. The first kappa shape index (κ1) is 21.4. The Labute approximate surface area is 174 Å². The Morgan fingerprint density at radius 1 is 1.28 bits per heavy atom. The summed E-state index contributed by atoms with van der Waals surface area (Å²) in [5.74, 6) is -2.64. The Morgan fingerprint density at radius 3 is 2.76 bits per heavy atom. The molecule has 156 valence electrons. The van der Waals surface area contributed by atoms with Crippen LogP contribution in [-0.4, -0.2) is 53.8 Å². The van der Waals surface area contributed by atoms with E-state index in [4.69, 9.17) is 0 Å². The van der Waals surface area contributed by atoms with Crippen molar-refractivity contribution < 1.29 is 18.0 Å². The van der Waals surface area contributed by atoms with E-state index in [2.05, 4.69) is 11.6 Å². The number of fused-ring (bicyclic) bond motifs is 1. The van der Waals surface area contributed by atoms with Crippen LogP contribution in [0.1, 0.15) is 26.2 Å². The lowest BCUT2D eigenvalue weighted by Crippen LogP contribution is -2.45. The van der Waals surface area contributed by atoms with Crippen LogP contribution in [0.4, 0.5) is 0 Å². The molecular formula is C20H25N3O4S2. The van der Waals surface area contributed by atoms with Crippen molar-refractivity contribution in [3.05, 3.63) is 41.7 Å². The van der Waals surface area contributed by atoms with Crippen LogP contribution in [0.2, 0.25) is 0 Å². The quantitative estimate of drug-likeness (QED) is 0.650. The summed E-state index contributed by atoms with van der Waals surface area (Å²) in [6, 6.07) is 7.63.